The van der Waals surface area contributed by atoms with E-state index in [4.69, 9.17) is 0 Å². The fraction of sp³-hybridized carbons (Fsp3) is 0.435. The van der Waals surface area contributed by atoms with Gasteiger partial charge in [-0.3, -0.25) is 9.78 Å². The second-order valence-electron chi connectivity index (χ2n) is 8.94. The van der Waals surface area contributed by atoms with Gasteiger partial charge in [-0.1, -0.05) is 0 Å². The first kappa shape index (κ1) is 24.7. The van der Waals surface area contributed by atoms with Crippen LogP contribution in [0.5, 0.6) is 0 Å². The molecule has 0 bridgehead atoms. The molecule has 4 rings (SSSR count). The summed E-state index contributed by atoms with van der Waals surface area (Å²) in [4.78, 5) is 1.58. The molecule has 1 aromatic carbocycles. The number of anilines is 1. The zero-order valence-electron chi connectivity index (χ0n) is 19.3. The first-order chi connectivity index (χ1) is 16.4. The Morgan fingerprint density at radius 1 is 1.23 bits per heavy atom. The topological polar surface area (TPSA) is 85.6 Å². The lowest BCUT2D eigenvalue weighted by atomic mass is 9.86. The maximum Gasteiger partial charge on any atom is 0.403 e. The number of aromatic amines is 1. The molecule has 0 aliphatic carbocycles. The maximum absolute atomic E-state index is 14.8. The van der Waals surface area contributed by atoms with Gasteiger partial charge >= 0.3 is 6.18 Å². The van der Waals surface area contributed by atoms with Crippen molar-refractivity contribution >= 4 is 5.69 Å². The number of aromatic nitrogens is 4. The van der Waals surface area contributed by atoms with Gasteiger partial charge < -0.3 is 10.2 Å². The number of nitrogens with zero attached hydrogens (tertiary/aromatic N) is 5. The van der Waals surface area contributed by atoms with Gasteiger partial charge in [0, 0.05) is 54.3 Å². The van der Waals surface area contributed by atoms with Crippen LogP contribution in [0.2, 0.25) is 0 Å². The Kier molecular flexibility index (Phi) is 6.31. The van der Waals surface area contributed by atoms with Gasteiger partial charge in [-0.25, -0.2) is 8.78 Å². The van der Waals surface area contributed by atoms with Crippen molar-refractivity contribution in [2.75, 3.05) is 18.0 Å². The van der Waals surface area contributed by atoms with E-state index in [0.717, 1.165) is 41.6 Å². The van der Waals surface area contributed by atoms with Gasteiger partial charge in [0.05, 0.1) is 30.1 Å². The highest BCUT2D eigenvalue weighted by atomic mass is 19.4. The van der Waals surface area contributed by atoms with Gasteiger partial charge in [0.15, 0.2) is 0 Å². The lowest BCUT2D eigenvalue weighted by molar-refractivity contribution is -0.151. The largest absolute Gasteiger partial charge is 0.403 e. The average Bonchev–Trinajstić information content (AvgIpc) is 3.36. The Labute approximate surface area is 198 Å². The monoisotopic (exact) mass is 493 g/mol. The Morgan fingerprint density at radius 2 is 1.94 bits per heavy atom. The number of benzene rings is 1. The molecular formula is C23H24F5N7. The molecule has 2 aromatic heterocycles. The predicted molar refractivity (Wildman–Crippen MR) is 118 cm³/mol. The molecule has 186 valence electrons. The molecule has 0 unspecified atom stereocenters. The number of nitriles is 1. The molecule has 3 heterocycles. The molecule has 1 fully saturated rings. The maximum atomic E-state index is 14.8. The van der Waals surface area contributed by atoms with E-state index in [0.29, 0.717) is 0 Å². The van der Waals surface area contributed by atoms with Crippen LogP contribution in [0, 0.1) is 36.8 Å². The minimum absolute atomic E-state index is 0.0161. The predicted octanol–water partition coefficient (Wildman–Crippen LogP) is 4.34. The molecule has 2 N–H and O–H groups in total. The Hall–Kier alpha value is -3.46. The average molecular weight is 493 g/mol. The lowest BCUT2D eigenvalue weighted by Gasteiger charge is -2.50. The van der Waals surface area contributed by atoms with E-state index in [1.54, 1.807) is 15.8 Å². The summed E-state index contributed by atoms with van der Waals surface area (Å²) in [5, 5.41) is 23.1. The van der Waals surface area contributed by atoms with Crippen molar-refractivity contribution in [3.8, 4) is 17.2 Å². The molecular weight excluding hydrogens is 469 g/mol. The summed E-state index contributed by atoms with van der Waals surface area (Å²) in [6.07, 6.45) is -0.892. The molecule has 1 atom stereocenters. The van der Waals surface area contributed by atoms with Crippen molar-refractivity contribution in [2.24, 2.45) is 0 Å². The summed E-state index contributed by atoms with van der Waals surface area (Å²) in [6.45, 7) is 4.63. The van der Waals surface area contributed by atoms with Crippen molar-refractivity contribution in [3.63, 3.8) is 0 Å². The number of rotatable bonds is 7. The van der Waals surface area contributed by atoms with Crippen molar-refractivity contribution in [3.05, 3.63) is 53.1 Å². The first-order valence-corrected chi connectivity index (χ1v) is 10.9. The molecule has 0 spiro atoms. The first-order valence-electron chi connectivity index (χ1n) is 10.9. The van der Waals surface area contributed by atoms with Crippen LogP contribution >= 0.6 is 0 Å². The van der Waals surface area contributed by atoms with Crippen LogP contribution in [-0.2, 0) is 12.1 Å². The SMILES string of the molecule is Cc1n[nH]c(C)c1-c1cnn(C2(CC#N)CN(c3cc(F)c(CN[C@@H](C)C(F)(F)F)cc3F)C2)c1. The number of aryl methyl sites for hydroxylation is 2. The van der Waals surface area contributed by atoms with Gasteiger partial charge in [0.25, 0.3) is 0 Å². The minimum Gasteiger partial charge on any atom is -0.364 e. The van der Waals surface area contributed by atoms with E-state index in [1.807, 2.05) is 20.0 Å². The summed E-state index contributed by atoms with van der Waals surface area (Å²) in [5.41, 5.74) is 2.48. The van der Waals surface area contributed by atoms with Crippen LogP contribution in [-0.4, -0.2) is 45.3 Å². The normalized spacial score (nSPS) is 16.1. The highest BCUT2D eigenvalue weighted by Gasteiger charge is 2.46. The van der Waals surface area contributed by atoms with E-state index < -0.39 is 35.9 Å². The van der Waals surface area contributed by atoms with Crippen LogP contribution in [0.3, 0.4) is 0 Å². The van der Waals surface area contributed by atoms with Crippen molar-refractivity contribution in [1.82, 2.24) is 25.3 Å². The number of H-pyrrole nitrogens is 1. The number of alkyl halides is 3. The lowest BCUT2D eigenvalue weighted by Crippen LogP contribution is -2.63. The summed E-state index contributed by atoms with van der Waals surface area (Å²) in [5.74, 6) is -1.56. The van der Waals surface area contributed by atoms with E-state index >= 15 is 0 Å². The third kappa shape index (κ3) is 4.60. The van der Waals surface area contributed by atoms with Crippen molar-refractivity contribution in [1.29, 1.82) is 5.26 Å². The molecule has 7 nitrogen and oxygen atoms in total. The molecule has 3 aromatic rings. The molecule has 0 radical (unpaired) electrons. The quantitative estimate of drug-likeness (QED) is 0.479. The molecule has 1 aliphatic rings. The fourth-order valence-corrected chi connectivity index (χ4v) is 4.34. The minimum atomic E-state index is -4.49. The molecule has 1 saturated heterocycles. The molecule has 1 aliphatic heterocycles. The Balaban J connectivity index is 1.52. The van der Waals surface area contributed by atoms with Gasteiger partial charge in [-0.2, -0.15) is 28.6 Å². The van der Waals surface area contributed by atoms with Crippen LogP contribution < -0.4 is 10.2 Å². The molecule has 12 heteroatoms. The number of hydrogen-bond donors (Lipinski definition) is 2. The van der Waals surface area contributed by atoms with E-state index in [2.05, 4.69) is 26.7 Å². The van der Waals surface area contributed by atoms with E-state index in [-0.39, 0.29) is 30.8 Å². The molecule has 0 amide bonds. The second-order valence-corrected chi connectivity index (χ2v) is 8.94. The van der Waals surface area contributed by atoms with Crippen molar-refractivity contribution < 1.29 is 22.0 Å². The number of nitrogens with one attached hydrogen (secondary N) is 2. The standard InChI is InChI=1S/C23H24F5N7/c1-13-21(14(2)33-32-13)17-9-31-35(10-17)22(4-5-29)11-34(12-22)20-7-18(24)16(6-19(20)25)8-30-15(3)23(26,27)28/h6-7,9-10,15,30H,4,8,11-12H2,1-3H3,(H,32,33)/t15-/m0/s1. The highest BCUT2D eigenvalue weighted by molar-refractivity contribution is 5.67. The van der Waals surface area contributed by atoms with Crippen LogP contribution in [0.15, 0.2) is 24.5 Å². The van der Waals surface area contributed by atoms with E-state index in [9.17, 15) is 27.2 Å². The van der Waals surface area contributed by atoms with Gasteiger partial charge in [-0.15, -0.1) is 0 Å². The smallest absolute Gasteiger partial charge is 0.364 e. The zero-order chi connectivity index (χ0) is 25.5. The zero-order valence-corrected chi connectivity index (χ0v) is 19.3. The van der Waals surface area contributed by atoms with Gasteiger partial charge in [0.2, 0.25) is 0 Å². The number of hydrogen-bond acceptors (Lipinski definition) is 5. The summed E-state index contributed by atoms with van der Waals surface area (Å²) in [7, 11) is 0. The highest BCUT2D eigenvalue weighted by Crippen LogP contribution is 2.38. The molecule has 0 saturated carbocycles. The van der Waals surface area contributed by atoms with Gasteiger partial charge in [0.1, 0.15) is 23.2 Å². The third-order valence-electron chi connectivity index (χ3n) is 6.41. The Bertz CT molecular complexity index is 1240. The van der Waals surface area contributed by atoms with E-state index in [1.165, 1.54) is 0 Å². The summed E-state index contributed by atoms with van der Waals surface area (Å²) < 4.78 is 69.1. The second kappa shape index (κ2) is 8.96. The van der Waals surface area contributed by atoms with Crippen LogP contribution in [0.4, 0.5) is 27.6 Å². The Morgan fingerprint density at radius 3 is 2.54 bits per heavy atom. The van der Waals surface area contributed by atoms with Crippen molar-refractivity contribution in [2.45, 2.75) is 51.5 Å². The number of halogens is 5. The summed E-state index contributed by atoms with van der Waals surface area (Å²) in [6, 6.07) is 2.17. The van der Waals surface area contributed by atoms with Crippen LogP contribution in [0.1, 0.15) is 30.3 Å². The summed E-state index contributed by atoms with van der Waals surface area (Å²) >= 11 is 0. The third-order valence-corrected chi connectivity index (χ3v) is 6.41. The fourth-order valence-electron chi connectivity index (χ4n) is 4.34. The molecule has 35 heavy (non-hydrogen) atoms. The van der Waals surface area contributed by atoms with Gasteiger partial charge in [-0.05, 0) is 26.8 Å². The van der Waals surface area contributed by atoms with Crippen LogP contribution in [0.25, 0.3) is 11.1 Å².